The number of carbonyl (C=O) groups is 1. The quantitative estimate of drug-likeness (QED) is 0.472. The van der Waals surface area contributed by atoms with Crippen LogP contribution in [-0.2, 0) is 11.2 Å². The van der Waals surface area contributed by atoms with Crippen molar-refractivity contribution >= 4 is 34.6 Å². The molecule has 1 aromatic heterocycles. The van der Waals surface area contributed by atoms with Gasteiger partial charge in [-0.3, -0.25) is 14.8 Å². The number of fused-ring (bicyclic) bond motifs is 1. The van der Waals surface area contributed by atoms with Crippen molar-refractivity contribution in [1.29, 1.82) is 0 Å². The minimum atomic E-state index is -2.69. The Hall–Kier alpha value is -3.75. The van der Waals surface area contributed by atoms with Gasteiger partial charge in [-0.25, -0.2) is 8.78 Å². The van der Waals surface area contributed by atoms with E-state index in [1.54, 1.807) is 31.4 Å². The molecule has 168 valence electrons. The predicted octanol–water partition coefficient (Wildman–Crippen LogP) is 3.15. The summed E-state index contributed by atoms with van der Waals surface area (Å²) in [5.74, 6) is -0.362. The number of hydrogen-bond donors (Lipinski definition) is 3. The average molecular weight is 440 g/mol. The van der Waals surface area contributed by atoms with Gasteiger partial charge in [0.2, 0.25) is 0 Å². The summed E-state index contributed by atoms with van der Waals surface area (Å²) < 4.78 is 28.0. The van der Waals surface area contributed by atoms with Crippen LogP contribution in [0.3, 0.4) is 0 Å². The van der Waals surface area contributed by atoms with Crippen molar-refractivity contribution in [3.63, 3.8) is 0 Å². The fraction of sp³-hybridized carbons (Fsp3) is 0.261. The van der Waals surface area contributed by atoms with Gasteiger partial charge in [-0.05, 0) is 48.2 Å². The molecule has 2 heterocycles. The fourth-order valence-corrected chi connectivity index (χ4v) is 3.84. The van der Waals surface area contributed by atoms with Gasteiger partial charge in [0.15, 0.2) is 0 Å². The number of pyridine rings is 1. The summed E-state index contributed by atoms with van der Waals surface area (Å²) in [6.07, 6.45) is 4.42. The van der Waals surface area contributed by atoms with E-state index in [2.05, 4.69) is 15.3 Å². The number of nitrogens with two attached hydrogens (primary N) is 2. The van der Waals surface area contributed by atoms with E-state index in [1.165, 1.54) is 31.7 Å². The summed E-state index contributed by atoms with van der Waals surface area (Å²) >= 11 is 0. The maximum Gasteiger partial charge on any atom is 0.264 e. The maximum atomic E-state index is 14.0. The van der Waals surface area contributed by atoms with Crippen LogP contribution in [-0.4, -0.2) is 37.7 Å². The lowest BCUT2D eigenvalue weighted by molar-refractivity contribution is -0.115. The van der Waals surface area contributed by atoms with E-state index in [0.29, 0.717) is 29.1 Å². The molecule has 1 amide bonds. The Balaban J connectivity index is 2.12. The van der Waals surface area contributed by atoms with Crippen LogP contribution in [0, 0.1) is 0 Å². The van der Waals surface area contributed by atoms with Crippen molar-refractivity contribution in [1.82, 2.24) is 10.3 Å². The van der Waals surface area contributed by atoms with E-state index < -0.39 is 6.43 Å². The molecule has 0 bridgehead atoms. The topological polar surface area (TPSA) is 110 Å². The van der Waals surface area contributed by atoms with Crippen molar-refractivity contribution in [3.05, 3.63) is 65.2 Å². The standard InChI is InChI=1S/C23H26F2N6O/c1-28-13-15(11-26)17-8-14-4-3-7-31(21(14)10-18(17)22(24)25)16-5-6-30-20(9-16)19(12-27)23(32)29-2/h5-6,8-13,22H,3-4,7,26-27H2,1-2H3,(H,29,32). The molecule has 7 nitrogen and oxygen atoms in total. The van der Waals surface area contributed by atoms with Crippen LogP contribution in [0.5, 0.6) is 0 Å². The van der Waals surface area contributed by atoms with Crippen LogP contribution in [0.4, 0.5) is 20.2 Å². The molecule has 0 saturated carbocycles. The van der Waals surface area contributed by atoms with Crippen LogP contribution in [0.2, 0.25) is 0 Å². The molecule has 2 aromatic rings. The number of hydrogen-bond acceptors (Lipinski definition) is 6. The molecule has 0 unspecified atom stereocenters. The van der Waals surface area contributed by atoms with E-state index >= 15 is 0 Å². The number of rotatable bonds is 6. The summed E-state index contributed by atoms with van der Waals surface area (Å²) in [5.41, 5.74) is 15.0. The second-order valence-corrected chi connectivity index (χ2v) is 7.19. The molecule has 0 spiro atoms. The van der Waals surface area contributed by atoms with E-state index in [1.807, 2.05) is 4.90 Å². The first-order chi connectivity index (χ1) is 15.4. The summed E-state index contributed by atoms with van der Waals surface area (Å²) in [5, 5.41) is 2.53. The van der Waals surface area contributed by atoms with Gasteiger partial charge in [-0.2, -0.15) is 0 Å². The third kappa shape index (κ3) is 4.46. The lowest BCUT2D eigenvalue weighted by Gasteiger charge is -2.33. The Bertz CT molecular complexity index is 1090. The van der Waals surface area contributed by atoms with Crippen molar-refractivity contribution in [2.45, 2.75) is 19.3 Å². The van der Waals surface area contributed by atoms with Crippen molar-refractivity contribution < 1.29 is 13.6 Å². The Morgan fingerprint density at radius 2 is 2.06 bits per heavy atom. The van der Waals surface area contributed by atoms with E-state index in [9.17, 15) is 13.6 Å². The Morgan fingerprint density at radius 1 is 1.28 bits per heavy atom. The number of benzene rings is 1. The fourth-order valence-electron chi connectivity index (χ4n) is 3.84. The van der Waals surface area contributed by atoms with Crippen LogP contribution < -0.4 is 21.7 Å². The number of aliphatic imine (C=N–C) groups is 1. The first-order valence-corrected chi connectivity index (χ1v) is 10.1. The van der Waals surface area contributed by atoms with Crippen LogP contribution >= 0.6 is 0 Å². The molecule has 0 radical (unpaired) electrons. The molecule has 3 rings (SSSR count). The monoisotopic (exact) mass is 440 g/mol. The van der Waals surface area contributed by atoms with Crippen LogP contribution in [0.15, 0.2) is 47.9 Å². The smallest absolute Gasteiger partial charge is 0.264 e. The number of anilines is 2. The summed E-state index contributed by atoms with van der Waals surface area (Å²) in [7, 11) is 3.07. The number of alkyl halides is 2. The van der Waals surface area contributed by atoms with Gasteiger partial charge in [-0.15, -0.1) is 0 Å². The molecule has 1 aliphatic rings. The summed E-state index contributed by atoms with van der Waals surface area (Å²) in [4.78, 5) is 22.2. The van der Waals surface area contributed by atoms with Crippen LogP contribution in [0.25, 0.3) is 11.1 Å². The Morgan fingerprint density at radius 3 is 2.69 bits per heavy atom. The first kappa shape index (κ1) is 22.9. The highest BCUT2D eigenvalue weighted by Gasteiger charge is 2.25. The number of halogens is 2. The molecule has 0 fully saturated rings. The molecule has 0 atom stereocenters. The third-order valence-electron chi connectivity index (χ3n) is 5.33. The number of nitrogens with zero attached hydrogens (tertiary/aromatic N) is 3. The predicted molar refractivity (Wildman–Crippen MR) is 124 cm³/mol. The normalized spacial score (nSPS) is 14.7. The van der Waals surface area contributed by atoms with E-state index in [0.717, 1.165) is 24.1 Å². The van der Waals surface area contributed by atoms with Gasteiger partial charge >= 0.3 is 0 Å². The van der Waals surface area contributed by atoms with Gasteiger partial charge in [0.25, 0.3) is 12.3 Å². The number of amides is 1. The third-order valence-corrected chi connectivity index (χ3v) is 5.33. The molecule has 0 saturated heterocycles. The molecule has 1 aliphatic heterocycles. The van der Waals surface area contributed by atoms with Crippen molar-refractivity contribution in [3.8, 4) is 0 Å². The number of aromatic nitrogens is 1. The highest BCUT2D eigenvalue weighted by molar-refractivity contribution is 6.18. The maximum absolute atomic E-state index is 14.0. The Kier molecular flexibility index (Phi) is 7.19. The largest absolute Gasteiger partial charge is 0.404 e. The van der Waals surface area contributed by atoms with Crippen LogP contribution in [0.1, 0.15) is 35.2 Å². The molecule has 1 aromatic carbocycles. The minimum Gasteiger partial charge on any atom is -0.404 e. The zero-order valence-corrected chi connectivity index (χ0v) is 18.0. The lowest BCUT2D eigenvalue weighted by Crippen LogP contribution is -2.26. The Labute approximate surface area is 185 Å². The SMILES string of the molecule is CN=CC(=CN)c1cc2c(cc1C(F)F)N(c1ccnc(C(=CN)C(=O)NC)c1)CCC2. The van der Waals surface area contributed by atoms with Crippen molar-refractivity contribution in [2.75, 3.05) is 25.5 Å². The number of allylic oxidation sites excluding steroid dienone is 1. The molecular weight excluding hydrogens is 414 g/mol. The molecule has 9 heteroatoms. The number of nitrogens with one attached hydrogen (secondary N) is 1. The van der Waals surface area contributed by atoms with E-state index in [-0.39, 0.29) is 17.0 Å². The molecule has 0 aliphatic carbocycles. The summed E-state index contributed by atoms with van der Waals surface area (Å²) in [6.45, 7) is 0.635. The van der Waals surface area contributed by atoms with Gasteiger partial charge in [0.1, 0.15) is 0 Å². The molecule has 5 N–H and O–H groups in total. The van der Waals surface area contributed by atoms with Gasteiger partial charge in [0, 0.05) is 68.0 Å². The number of carbonyl (C=O) groups excluding carboxylic acids is 1. The number of likely N-dealkylation sites (N-methyl/N-ethyl adjacent to an activating group) is 1. The summed E-state index contributed by atoms with van der Waals surface area (Å²) in [6, 6.07) is 6.79. The number of aryl methyl sites for hydroxylation is 1. The van der Waals surface area contributed by atoms with Gasteiger partial charge in [-0.1, -0.05) is 0 Å². The molecular formula is C23H26F2N6O. The zero-order valence-electron chi connectivity index (χ0n) is 18.0. The second kappa shape index (κ2) is 10.0. The second-order valence-electron chi connectivity index (χ2n) is 7.19. The lowest BCUT2D eigenvalue weighted by atomic mass is 9.92. The average Bonchev–Trinajstić information content (AvgIpc) is 2.81. The van der Waals surface area contributed by atoms with Crippen molar-refractivity contribution in [2.24, 2.45) is 16.5 Å². The highest BCUT2D eigenvalue weighted by Crippen LogP contribution is 2.39. The zero-order chi connectivity index (χ0) is 23.3. The molecule has 32 heavy (non-hydrogen) atoms. The van der Waals surface area contributed by atoms with Gasteiger partial charge < -0.3 is 21.7 Å². The van der Waals surface area contributed by atoms with E-state index in [4.69, 9.17) is 11.5 Å². The highest BCUT2D eigenvalue weighted by atomic mass is 19.3. The minimum absolute atomic E-state index is 0.116. The first-order valence-electron chi connectivity index (χ1n) is 10.1. The van der Waals surface area contributed by atoms with Gasteiger partial charge in [0.05, 0.1) is 11.3 Å².